The van der Waals surface area contributed by atoms with Gasteiger partial charge in [0.1, 0.15) is 0 Å². The summed E-state index contributed by atoms with van der Waals surface area (Å²) in [6.45, 7) is 5.36. The summed E-state index contributed by atoms with van der Waals surface area (Å²) < 4.78 is 0. The monoisotopic (exact) mass is 253 g/mol. The SMILES string of the molecule is CC(C)NC(=O)CC(CN)NCCC1=CCCC1. The van der Waals surface area contributed by atoms with Gasteiger partial charge in [0.2, 0.25) is 5.91 Å². The van der Waals surface area contributed by atoms with Gasteiger partial charge in [0.15, 0.2) is 0 Å². The first kappa shape index (κ1) is 15.2. The van der Waals surface area contributed by atoms with Crippen LogP contribution in [0.2, 0.25) is 0 Å². The Balaban J connectivity index is 2.18. The second-order valence-corrected chi connectivity index (χ2v) is 5.32. The number of nitrogens with two attached hydrogens (primary N) is 1. The van der Waals surface area contributed by atoms with Gasteiger partial charge in [-0.05, 0) is 46.1 Å². The smallest absolute Gasteiger partial charge is 0.221 e. The average Bonchev–Trinajstić information content (AvgIpc) is 2.79. The lowest BCUT2D eigenvalue weighted by molar-refractivity contribution is -0.122. The molecule has 0 heterocycles. The standard InChI is InChI=1S/C14H27N3O/c1-11(2)17-14(18)9-13(10-15)16-8-7-12-5-3-4-6-12/h5,11,13,16H,3-4,6-10,15H2,1-2H3,(H,17,18). The number of nitrogens with one attached hydrogen (secondary N) is 2. The van der Waals surface area contributed by atoms with Crippen molar-refractivity contribution in [1.29, 1.82) is 0 Å². The van der Waals surface area contributed by atoms with E-state index in [1.165, 1.54) is 19.3 Å². The van der Waals surface area contributed by atoms with Gasteiger partial charge in [0.25, 0.3) is 0 Å². The minimum Gasteiger partial charge on any atom is -0.354 e. The molecule has 1 rings (SSSR count). The quantitative estimate of drug-likeness (QED) is 0.572. The summed E-state index contributed by atoms with van der Waals surface area (Å²) >= 11 is 0. The lowest BCUT2D eigenvalue weighted by Crippen LogP contribution is -2.42. The summed E-state index contributed by atoms with van der Waals surface area (Å²) in [6.07, 6.45) is 7.66. The van der Waals surface area contributed by atoms with Crippen molar-refractivity contribution in [3.63, 3.8) is 0 Å². The number of allylic oxidation sites excluding steroid dienone is 1. The molecule has 0 aromatic heterocycles. The van der Waals surface area contributed by atoms with Crippen molar-refractivity contribution in [2.75, 3.05) is 13.1 Å². The Hall–Kier alpha value is -0.870. The van der Waals surface area contributed by atoms with E-state index in [1.54, 1.807) is 5.57 Å². The van der Waals surface area contributed by atoms with Crippen LogP contribution in [0, 0.1) is 0 Å². The Morgan fingerprint density at radius 2 is 2.28 bits per heavy atom. The Morgan fingerprint density at radius 3 is 2.83 bits per heavy atom. The van der Waals surface area contributed by atoms with Crippen molar-refractivity contribution < 1.29 is 4.79 Å². The second kappa shape index (κ2) is 8.27. The van der Waals surface area contributed by atoms with Crippen LogP contribution in [0.1, 0.15) is 46.0 Å². The van der Waals surface area contributed by atoms with Crippen molar-refractivity contribution in [1.82, 2.24) is 10.6 Å². The van der Waals surface area contributed by atoms with E-state index < -0.39 is 0 Å². The van der Waals surface area contributed by atoms with Gasteiger partial charge in [-0.25, -0.2) is 0 Å². The van der Waals surface area contributed by atoms with Crippen LogP contribution in [0.15, 0.2) is 11.6 Å². The fourth-order valence-electron chi connectivity index (χ4n) is 2.24. The van der Waals surface area contributed by atoms with E-state index in [0.717, 1.165) is 13.0 Å². The molecule has 0 saturated heterocycles. The maximum Gasteiger partial charge on any atom is 0.221 e. The summed E-state index contributed by atoms with van der Waals surface area (Å²) in [6, 6.07) is 0.283. The topological polar surface area (TPSA) is 67.2 Å². The number of rotatable bonds is 8. The number of hydrogen-bond acceptors (Lipinski definition) is 3. The molecule has 4 nitrogen and oxygen atoms in total. The van der Waals surface area contributed by atoms with Gasteiger partial charge >= 0.3 is 0 Å². The van der Waals surface area contributed by atoms with Crippen molar-refractivity contribution >= 4 is 5.91 Å². The molecule has 1 atom stereocenters. The van der Waals surface area contributed by atoms with Gasteiger partial charge in [-0.3, -0.25) is 4.79 Å². The largest absolute Gasteiger partial charge is 0.354 e. The number of carbonyl (C=O) groups excluding carboxylic acids is 1. The van der Waals surface area contributed by atoms with Gasteiger partial charge in [-0.1, -0.05) is 11.6 Å². The molecule has 1 aliphatic rings. The second-order valence-electron chi connectivity index (χ2n) is 5.32. The molecule has 0 spiro atoms. The molecule has 4 heteroatoms. The molecule has 1 unspecified atom stereocenters. The molecule has 0 aromatic rings. The lowest BCUT2D eigenvalue weighted by Gasteiger charge is -2.17. The first-order valence-corrected chi connectivity index (χ1v) is 7.02. The summed E-state index contributed by atoms with van der Waals surface area (Å²) in [5, 5.41) is 6.27. The molecule has 104 valence electrons. The molecular formula is C14H27N3O. The molecule has 0 aliphatic heterocycles. The zero-order valence-electron chi connectivity index (χ0n) is 11.7. The number of amides is 1. The van der Waals surface area contributed by atoms with E-state index in [1.807, 2.05) is 13.8 Å². The summed E-state index contributed by atoms with van der Waals surface area (Å²) in [5.41, 5.74) is 7.24. The Morgan fingerprint density at radius 1 is 1.50 bits per heavy atom. The van der Waals surface area contributed by atoms with E-state index >= 15 is 0 Å². The third kappa shape index (κ3) is 6.17. The van der Waals surface area contributed by atoms with Crippen LogP contribution < -0.4 is 16.4 Å². The molecule has 0 radical (unpaired) electrons. The maximum atomic E-state index is 11.6. The van der Waals surface area contributed by atoms with Crippen molar-refractivity contribution in [3.05, 3.63) is 11.6 Å². The van der Waals surface area contributed by atoms with Crippen LogP contribution in [0.5, 0.6) is 0 Å². The van der Waals surface area contributed by atoms with Crippen LogP contribution in [-0.2, 0) is 4.79 Å². The van der Waals surface area contributed by atoms with Crippen LogP contribution in [0.25, 0.3) is 0 Å². The molecule has 18 heavy (non-hydrogen) atoms. The zero-order chi connectivity index (χ0) is 13.4. The van der Waals surface area contributed by atoms with Crippen LogP contribution in [-0.4, -0.2) is 31.1 Å². The van der Waals surface area contributed by atoms with E-state index in [0.29, 0.717) is 13.0 Å². The first-order valence-electron chi connectivity index (χ1n) is 7.02. The Bertz CT molecular complexity index is 287. The van der Waals surface area contributed by atoms with Crippen LogP contribution >= 0.6 is 0 Å². The Kier molecular flexibility index (Phi) is 6.98. The normalized spacial score (nSPS) is 16.8. The third-order valence-electron chi connectivity index (χ3n) is 3.18. The summed E-state index contributed by atoms with van der Waals surface area (Å²) in [7, 11) is 0. The number of carbonyl (C=O) groups is 1. The highest BCUT2D eigenvalue weighted by molar-refractivity contribution is 5.76. The summed E-state index contributed by atoms with van der Waals surface area (Å²) in [5.74, 6) is 0.0769. The van der Waals surface area contributed by atoms with Crippen LogP contribution in [0.4, 0.5) is 0 Å². The average molecular weight is 253 g/mol. The highest BCUT2D eigenvalue weighted by atomic mass is 16.1. The predicted octanol–water partition coefficient (Wildman–Crippen LogP) is 1.32. The maximum absolute atomic E-state index is 11.6. The minimum atomic E-state index is 0.0769. The van der Waals surface area contributed by atoms with Crippen LogP contribution in [0.3, 0.4) is 0 Å². The first-order chi connectivity index (χ1) is 8.61. The molecule has 0 fully saturated rings. The van der Waals surface area contributed by atoms with Crippen molar-refractivity contribution in [2.24, 2.45) is 5.73 Å². The van der Waals surface area contributed by atoms with Gasteiger partial charge in [-0.2, -0.15) is 0 Å². The third-order valence-corrected chi connectivity index (χ3v) is 3.18. The Labute approximate surface area is 110 Å². The van der Waals surface area contributed by atoms with E-state index in [9.17, 15) is 4.79 Å². The fourth-order valence-corrected chi connectivity index (χ4v) is 2.24. The lowest BCUT2D eigenvalue weighted by atomic mass is 10.1. The van der Waals surface area contributed by atoms with Gasteiger partial charge in [-0.15, -0.1) is 0 Å². The van der Waals surface area contributed by atoms with E-state index in [2.05, 4.69) is 16.7 Å². The highest BCUT2D eigenvalue weighted by Gasteiger charge is 2.13. The molecule has 0 saturated carbocycles. The molecule has 4 N–H and O–H groups in total. The molecule has 1 aliphatic carbocycles. The zero-order valence-corrected chi connectivity index (χ0v) is 11.7. The predicted molar refractivity (Wildman–Crippen MR) is 75.3 cm³/mol. The molecular weight excluding hydrogens is 226 g/mol. The van der Waals surface area contributed by atoms with Gasteiger partial charge < -0.3 is 16.4 Å². The van der Waals surface area contributed by atoms with Gasteiger partial charge in [0.05, 0.1) is 0 Å². The highest BCUT2D eigenvalue weighted by Crippen LogP contribution is 2.19. The minimum absolute atomic E-state index is 0.0769. The molecule has 0 bridgehead atoms. The van der Waals surface area contributed by atoms with Gasteiger partial charge in [0, 0.05) is 25.0 Å². The number of hydrogen-bond donors (Lipinski definition) is 3. The van der Waals surface area contributed by atoms with E-state index in [4.69, 9.17) is 5.73 Å². The van der Waals surface area contributed by atoms with Crippen molar-refractivity contribution in [3.8, 4) is 0 Å². The van der Waals surface area contributed by atoms with E-state index in [-0.39, 0.29) is 18.0 Å². The molecule has 0 aromatic carbocycles. The van der Waals surface area contributed by atoms with Crippen molar-refractivity contribution in [2.45, 2.75) is 58.0 Å². The molecule has 1 amide bonds. The fraction of sp³-hybridized carbons (Fsp3) is 0.786. The summed E-state index contributed by atoms with van der Waals surface area (Å²) in [4.78, 5) is 11.6.